The van der Waals surface area contributed by atoms with Crippen molar-refractivity contribution in [3.05, 3.63) is 36.1 Å². The molecular formula is C16H19NO3. The van der Waals surface area contributed by atoms with Crippen molar-refractivity contribution in [2.24, 2.45) is 0 Å². The molecule has 1 heterocycles. The first-order chi connectivity index (χ1) is 9.73. The predicted octanol–water partition coefficient (Wildman–Crippen LogP) is 3.50. The van der Waals surface area contributed by atoms with Crippen LogP contribution in [0.5, 0.6) is 5.75 Å². The molecule has 2 aromatic rings. The first kappa shape index (κ1) is 13.2. The second-order valence-electron chi connectivity index (χ2n) is 5.40. The molecule has 4 heteroatoms. The van der Waals surface area contributed by atoms with Crippen LogP contribution in [0.1, 0.15) is 37.7 Å². The highest BCUT2D eigenvalue weighted by molar-refractivity contribution is 5.64. The number of hydrogen-bond donors (Lipinski definition) is 1. The zero-order chi connectivity index (χ0) is 14.0. The van der Waals surface area contributed by atoms with Crippen molar-refractivity contribution in [2.75, 3.05) is 7.11 Å². The van der Waals surface area contributed by atoms with Gasteiger partial charge in [-0.3, -0.25) is 0 Å². The molecule has 1 saturated carbocycles. The molecule has 1 N–H and O–H groups in total. The monoisotopic (exact) mass is 273 g/mol. The summed E-state index contributed by atoms with van der Waals surface area (Å²) < 4.78 is 10.3. The van der Waals surface area contributed by atoms with Gasteiger partial charge in [-0.15, -0.1) is 0 Å². The van der Waals surface area contributed by atoms with E-state index in [1.807, 2.05) is 24.3 Å². The molecule has 0 saturated heterocycles. The minimum Gasteiger partial charge on any atom is -0.497 e. The Morgan fingerprint density at radius 1 is 1.15 bits per heavy atom. The van der Waals surface area contributed by atoms with Crippen LogP contribution in [0.25, 0.3) is 11.3 Å². The Balaban J connectivity index is 1.96. The van der Waals surface area contributed by atoms with Crippen LogP contribution in [0, 0.1) is 0 Å². The number of rotatable bonds is 3. The van der Waals surface area contributed by atoms with Crippen molar-refractivity contribution < 1.29 is 14.4 Å². The molecule has 1 aliphatic carbocycles. The van der Waals surface area contributed by atoms with Crippen molar-refractivity contribution in [3.63, 3.8) is 0 Å². The van der Waals surface area contributed by atoms with E-state index in [0.717, 1.165) is 48.3 Å². The summed E-state index contributed by atoms with van der Waals surface area (Å²) in [4.78, 5) is 0. The lowest BCUT2D eigenvalue weighted by Gasteiger charge is -2.31. The summed E-state index contributed by atoms with van der Waals surface area (Å²) in [6.45, 7) is 0. The number of benzene rings is 1. The molecule has 106 valence electrons. The molecular weight excluding hydrogens is 254 g/mol. The van der Waals surface area contributed by atoms with Gasteiger partial charge in [0.15, 0.2) is 0 Å². The second-order valence-corrected chi connectivity index (χ2v) is 5.40. The van der Waals surface area contributed by atoms with E-state index in [1.54, 1.807) is 13.4 Å². The Labute approximate surface area is 118 Å². The van der Waals surface area contributed by atoms with Gasteiger partial charge in [0, 0.05) is 5.56 Å². The topological polar surface area (TPSA) is 55.5 Å². The summed E-state index contributed by atoms with van der Waals surface area (Å²) in [5.41, 5.74) is 1.68. The number of aromatic nitrogens is 1. The highest BCUT2D eigenvalue weighted by Gasteiger charge is 2.35. The van der Waals surface area contributed by atoms with Crippen molar-refractivity contribution in [1.82, 2.24) is 5.16 Å². The zero-order valence-electron chi connectivity index (χ0n) is 11.6. The molecule has 0 radical (unpaired) electrons. The maximum atomic E-state index is 10.8. The fraction of sp³-hybridized carbons (Fsp3) is 0.438. The van der Waals surface area contributed by atoms with Crippen molar-refractivity contribution in [2.45, 2.75) is 37.7 Å². The molecule has 1 aromatic heterocycles. The van der Waals surface area contributed by atoms with Gasteiger partial charge < -0.3 is 14.4 Å². The Hall–Kier alpha value is -1.81. The maximum Gasteiger partial charge on any atom is 0.130 e. The van der Waals surface area contributed by atoms with Crippen LogP contribution in [0.2, 0.25) is 0 Å². The molecule has 1 aliphatic rings. The van der Waals surface area contributed by atoms with Crippen LogP contribution in [0.15, 0.2) is 35.1 Å². The summed E-state index contributed by atoms with van der Waals surface area (Å²) in [6, 6.07) is 7.65. The van der Waals surface area contributed by atoms with E-state index in [4.69, 9.17) is 9.26 Å². The SMILES string of the molecule is COc1ccc(-c2nocc2C2(O)CCCCC2)cc1. The highest BCUT2D eigenvalue weighted by atomic mass is 16.5. The Bertz CT molecular complexity index is 568. The average molecular weight is 273 g/mol. The fourth-order valence-electron chi connectivity index (χ4n) is 2.93. The summed E-state index contributed by atoms with van der Waals surface area (Å²) in [6.07, 6.45) is 6.42. The van der Waals surface area contributed by atoms with Crippen LogP contribution >= 0.6 is 0 Å². The van der Waals surface area contributed by atoms with E-state index in [0.29, 0.717) is 0 Å². The first-order valence-corrected chi connectivity index (χ1v) is 7.05. The van der Waals surface area contributed by atoms with Gasteiger partial charge >= 0.3 is 0 Å². The number of ether oxygens (including phenoxy) is 1. The highest BCUT2D eigenvalue weighted by Crippen LogP contribution is 2.41. The number of methoxy groups -OCH3 is 1. The number of aliphatic hydroxyl groups is 1. The first-order valence-electron chi connectivity index (χ1n) is 7.05. The zero-order valence-corrected chi connectivity index (χ0v) is 11.6. The van der Waals surface area contributed by atoms with E-state index in [9.17, 15) is 5.11 Å². The van der Waals surface area contributed by atoms with Crippen molar-refractivity contribution in [3.8, 4) is 17.0 Å². The van der Waals surface area contributed by atoms with Crippen LogP contribution in [0.3, 0.4) is 0 Å². The van der Waals surface area contributed by atoms with Gasteiger partial charge in [0.25, 0.3) is 0 Å². The van der Waals surface area contributed by atoms with E-state index in [1.165, 1.54) is 6.42 Å². The van der Waals surface area contributed by atoms with Gasteiger partial charge in [0.1, 0.15) is 17.7 Å². The summed E-state index contributed by atoms with van der Waals surface area (Å²) in [7, 11) is 1.64. The van der Waals surface area contributed by atoms with Crippen molar-refractivity contribution >= 4 is 0 Å². The van der Waals surface area contributed by atoms with Crippen molar-refractivity contribution in [1.29, 1.82) is 0 Å². The molecule has 0 aliphatic heterocycles. The Morgan fingerprint density at radius 2 is 1.85 bits per heavy atom. The van der Waals surface area contributed by atoms with Crippen LogP contribution in [-0.2, 0) is 5.60 Å². The average Bonchev–Trinajstić information content (AvgIpc) is 2.98. The fourth-order valence-corrected chi connectivity index (χ4v) is 2.93. The van der Waals surface area contributed by atoms with Gasteiger partial charge in [-0.05, 0) is 37.1 Å². The molecule has 0 amide bonds. The minimum absolute atomic E-state index is 0.733. The number of nitrogens with zero attached hydrogens (tertiary/aromatic N) is 1. The standard InChI is InChI=1S/C16H19NO3/c1-19-13-7-5-12(6-8-13)15-14(11-20-17-15)16(18)9-3-2-4-10-16/h5-8,11,18H,2-4,9-10H2,1H3. The summed E-state index contributed by atoms with van der Waals surface area (Å²) >= 11 is 0. The van der Waals surface area contributed by atoms with Gasteiger partial charge in [-0.25, -0.2) is 0 Å². The van der Waals surface area contributed by atoms with E-state index >= 15 is 0 Å². The minimum atomic E-state index is -0.798. The third-order valence-electron chi connectivity index (χ3n) is 4.12. The van der Waals surface area contributed by atoms with Crippen LogP contribution in [0.4, 0.5) is 0 Å². The lowest BCUT2D eigenvalue weighted by molar-refractivity contribution is -0.000636. The molecule has 0 unspecified atom stereocenters. The third kappa shape index (κ3) is 2.31. The predicted molar refractivity (Wildman–Crippen MR) is 75.5 cm³/mol. The van der Waals surface area contributed by atoms with E-state index in [2.05, 4.69) is 5.16 Å². The molecule has 1 fully saturated rings. The molecule has 0 spiro atoms. The largest absolute Gasteiger partial charge is 0.497 e. The quantitative estimate of drug-likeness (QED) is 0.929. The van der Waals surface area contributed by atoms with Gasteiger partial charge in [0.2, 0.25) is 0 Å². The van der Waals surface area contributed by atoms with Crippen LogP contribution in [-0.4, -0.2) is 17.4 Å². The number of hydrogen-bond acceptors (Lipinski definition) is 4. The Kier molecular flexibility index (Phi) is 3.49. The van der Waals surface area contributed by atoms with Gasteiger partial charge in [-0.2, -0.15) is 0 Å². The Morgan fingerprint density at radius 3 is 2.50 bits per heavy atom. The third-order valence-corrected chi connectivity index (χ3v) is 4.12. The van der Waals surface area contributed by atoms with Gasteiger partial charge in [0.05, 0.1) is 18.3 Å². The van der Waals surface area contributed by atoms with E-state index < -0.39 is 5.60 Å². The van der Waals surface area contributed by atoms with E-state index in [-0.39, 0.29) is 0 Å². The normalized spacial score (nSPS) is 17.9. The summed E-state index contributed by atoms with van der Waals surface area (Å²) in [5, 5.41) is 14.9. The summed E-state index contributed by atoms with van der Waals surface area (Å²) in [5.74, 6) is 0.801. The lowest BCUT2D eigenvalue weighted by Crippen LogP contribution is -2.28. The second kappa shape index (κ2) is 5.29. The van der Waals surface area contributed by atoms with Crippen LogP contribution < -0.4 is 4.74 Å². The molecule has 20 heavy (non-hydrogen) atoms. The molecule has 1 aromatic carbocycles. The molecule has 0 atom stereocenters. The smallest absolute Gasteiger partial charge is 0.130 e. The molecule has 3 rings (SSSR count). The molecule has 0 bridgehead atoms. The maximum absolute atomic E-state index is 10.8. The lowest BCUT2D eigenvalue weighted by atomic mass is 9.79. The molecule has 4 nitrogen and oxygen atoms in total. The van der Waals surface area contributed by atoms with Gasteiger partial charge in [-0.1, -0.05) is 24.4 Å².